The van der Waals surface area contributed by atoms with Crippen LogP contribution in [0.15, 0.2) is 77.0 Å². The van der Waals surface area contributed by atoms with Crippen molar-refractivity contribution in [3.8, 4) is 0 Å². The largest absolute Gasteiger partial charge is 0.291 e. The second-order valence-electron chi connectivity index (χ2n) is 6.99. The summed E-state index contributed by atoms with van der Waals surface area (Å²) in [7, 11) is 0. The van der Waals surface area contributed by atoms with E-state index in [1.807, 2.05) is 30.3 Å². The van der Waals surface area contributed by atoms with E-state index in [0.29, 0.717) is 6.54 Å². The normalized spacial score (nSPS) is 24.8. The first-order valence-corrected chi connectivity index (χ1v) is 8.78. The Morgan fingerprint density at radius 3 is 2.64 bits per heavy atom. The highest BCUT2D eigenvalue weighted by Crippen LogP contribution is 2.46. The van der Waals surface area contributed by atoms with Gasteiger partial charge >= 0.3 is 0 Å². The summed E-state index contributed by atoms with van der Waals surface area (Å²) in [6.45, 7) is 0.590. The monoisotopic (exact) mass is 326 g/mol. The van der Waals surface area contributed by atoms with Crippen molar-refractivity contribution in [2.75, 3.05) is 6.54 Å². The molecule has 3 aromatic carbocycles. The Bertz CT molecular complexity index is 1020. The highest BCUT2D eigenvalue weighted by molar-refractivity contribution is 6.06. The van der Waals surface area contributed by atoms with Gasteiger partial charge in [-0.25, -0.2) is 0 Å². The standard InChI is InChI=1S/C22H18N2O/c25-21-19-8-4-3-6-16(19)11-12-22(21)20(14-23-24-22)18-10-9-15-5-1-2-7-17(15)13-18/h1-10,13,20H,11-12,14H2. The number of rotatable bonds is 1. The summed E-state index contributed by atoms with van der Waals surface area (Å²) in [6, 6.07) is 22.7. The Kier molecular flexibility index (Phi) is 3.11. The van der Waals surface area contributed by atoms with Gasteiger partial charge in [-0.3, -0.25) is 4.79 Å². The van der Waals surface area contributed by atoms with Crippen LogP contribution in [0.3, 0.4) is 0 Å². The molecule has 0 amide bonds. The van der Waals surface area contributed by atoms with Gasteiger partial charge < -0.3 is 0 Å². The molecule has 1 aliphatic carbocycles. The number of benzene rings is 3. The van der Waals surface area contributed by atoms with E-state index in [1.165, 1.54) is 10.8 Å². The molecule has 0 N–H and O–H groups in total. The van der Waals surface area contributed by atoms with Gasteiger partial charge in [0.2, 0.25) is 0 Å². The van der Waals surface area contributed by atoms with Crippen LogP contribution >= 0.6 is 0 Å². The highest BCUT2D eigenvalue weighted by Gasteiger charge is 2.52. The SMILES string of the molecule is O=C1c2ccccc2CCC12N=NCC2c1ccc2ccccc2c1. The first-order valence-electron chi connectivity index (χ1n) is 8.78. The summed E-state index contributed by atoms with van der Waals surface area (Å²) in [5, 5.41) is 11.3. The fourth-order valence-corrected chi connectivity index (χ4v) is 4.33. The Morgan fingerprint density at radius 2 is 1.72 bits per heavy atom. The molecular weight excluding hydrogens is 308 g/mol. The minimum Gasteiger partial charge on any atom is -0.291 e. The maximum absolute atomic E-state index is 13.3. The molecule has 2 atom stereocenters. The van der Waals surface area contributed by atoms with Crippen molar-refractivity contribution in [1.29, 1.82) is 0 Å². The molecule has 0 fully saturated rings. The number of hydrogen-bond acceptors (Lipinski definition) is 3. The Labute approximate surface area is 146 Å². The van der Waals surface area contributed by atoms with E-state index in [4.69, 9.17) is 0 Å². The minimum absolute atomic E-state index is 0.0259. The molecule has 3 aromatic rings. The van der Waals surface area contributed by atoms with Crippen molar-refractivity contribution < 1.29 is 4.79 Å². The first kappa shape index (κ1) is 14.5. The second-order valence-corrected chi connectivity index (χ2v) is 6.99. The number of carbonyl (C=O) groups excluding carboxylic acids is 1. The molecule has 2 aliphatic rings. The number of fused-ring (bicyclic) bond motifs is 2. The van der Waals surface area contributed by atoms with Crippen molar-refractivity contribution in [3.63, 3.8) is 0 Å². The first-order chi connectivity index (χ1) is 12.3. The zero-order valence-electron chi connectivity index (χ0n) is 13.9. The van der Waals surface area contributed by atoms with Crippen LogP contribution in [0, 0.1) is 0 Å². The van der Waals surface area contributed by atoms with E-state index in [0.717, 1.165) is 29.5 Å². The Morgan fingerprint density at radius 1 is 0.920 bits per heavy atom. The minimum atomic E-state index is -0.725. The summed E-state index contributed by atoms with van der Waals surface area (Å²) in [4.78, 5) is 13.3. The van der Waals surface area contributed by atoms with E-state index in [2.05, 4.69) is 46.6 Å². The number of carbonyl (C=O) groups is 1. The molecule has 3 nitrogen and oxygen atoms in total. The van der Waals surface area contributed by atoms with Crippen LogP contribution in [0.1, 0.15) is 33.8 Å². The van der Waals surface area contributed by atoms with Crippen LogP contribution in [-0.2, 0) is 6.42 Å². The molecule has 0 saturated heterocycles. The smallest absolute Gasteiger partial charge is 0.193 e. The van der Waals surface area contributed by atoms with Crippen LogP contribution in [0.25, 0.3) is 10.8 Å². The van der Waals surface area contributed by atoms with Gasteiger partial charge in [0.25, 0.3) is 0 Å². The van der Waals surface area contributed by atoms with Crippen LogP contribution in [0.2, 0.25) is 0 Å². The second kappa shape index (κ2) is 5.35. The zero-order valence-corrected chi connectivity index (χ0v) is 13.9. The van der Waals surface area contributed by atoms with Crippen LogP contribution < -0.4 is 0 Å². The van der Waals surface area contributed by atoms with E-state index < -0.39 is 5.54 Å². The third kappa shape index (κ3) is 2.08. The molecule has 0 bridgehead atoms. The summed E-state index contributed by atoms with van der Waals surface area (Å²) >= 11 is 0. The lowest BCUT2D eigenvalue weighted by Crippen LogP contribution is -2.44. The maximum atomic E-state index is 13.3. The number of Topliss-reactive ketones (excluding diaryl/α,β-unsaturated/α-hetero) is 1. The van der Waals surface area contributed by atoms with Gasteiger partial charge in [0.15, 0.2) is 11.3 Å². The molecule has 122 valence electrons. The average molecular weight is 326 g/mol. The highest BCUT2D eigenvalue weighted by atomic mass is 16.1. The van der Waals surface area contributed by atoms with Crippen molar-refractivity contribution in [1.82, 2.24) is 0 Å². The molecule has 0 radical (unpaired) electrons. The van der Waals surface area contributed by atoms with Crippen LogP contribution in [-0.4, -0.2) is 17.9 Å². The molecule has 0 aromatic heterocycles. The fraction of sp³-hybridized carbons (Fsp3) is 0.227. The Balaban J connectivity index is 1.61. The molecule has 0 saturated carbocycles. The lowest BCUT2D eigenvalue weighted by molar-refractivity contribution is 0.0853. The van der Waals surface area contributed by atoms with Gasteiger partial charge in [-0.15, -0.1) is 0 Å². The Hall–Kier alpha value is -2.81. The molecule has 25 heavy (non-hydrogen) atoms. The van der Waals surface area contributed by atoms with Crippen molar-refractivity contribution in [2.24, 2.45) is 10.2 Å². The van der Waals surface area contributed by atoms with Crippen molar-refractivity contribution in [2.45, 2.75) is 24.3 Å². The maximum Gasteiger partial charge on any atom is 0.193 e. The molecule has 5 rings (SSSR count). The number of nitrogens with zero attached hydrogens (tertiary/aromatic N) is 2. The van der Waals surface area contributed by atoms with E-state index in [1.54, 1.807) is 0 Å². The zero-order chi connectivity index (χ0) is 16.9. The molecule has 3 heteroatoms. The molecule has 2 unspecified atom stereocenters. The summed E-state index contributed by atoms with van der Waals surface area (Å²) in [5.74, 6) is 0.159. The number of hydrogen-bond donors (Lipinski definition) is 0. The van der Waals surface area contributed by atoms with Gasteiger partial charge in [-0.05, 0) is 34.7 Å². The lowest BCUT2D eigenvalue weighted by atomic mass is 9.68. The van der Waals surface area contributed by atoms with Gasteiger partial charge in [0.1, 0.15) is 0 Å². The van der Waals surface area contributed by atoms with Crippen molar-refractivity contribution in [3.05, 3.63) is 83.4 Å². The van der Waals surface area contributed by atoms with Gasteiger partial charge in [0, 0.05) is 11.5 Å². The van der Waals surface area contributed by atoms with Gasteiger partial charge in [-0.2, -0.15) is 10.2 Å². The lowest BCUT2D eigenvalue weighted by Gasteiger charge is -2.34. The summed E-state index contributed by atoms with van der Waals surface area (Å²) < 4.78 is 0. The van der Waals surface area contributed by atoms with Gasteiger partial charge in [0.05, 0.1) is 6.54 Å². The predicted molar refractivity (Wildman–Crippen MR) is 98.2 cm³/mol. The topological polar surface area (TPSA) is 41.8 Å². The molecule has 1 aliphatic heterocycles. The quantitative estimate of drug-likeness (QED) is 0.623. The molecule has 1 spiro atoms. The third-order valence-electron chi connectivity index (χ3n) is 5.70. The number of ketones is 1. The van der Waals surface area contributed by atoms with E-state index in [-0.39, 0.29) is 11.7 Å². The van der Waals surface area contributed by atoms with Crippen molar-refractivity contribution >= 4 is 16.6 Å². The number of azo groups is 1. The van der Waals surface area contributed by atoms with Gasteiger partial charge in [-0.1, -0.05) is 66.7 Å². The average Bonchev–Trinajstić information content (AvgIpc) is 3.09. The fourth-order valence-electron chi connectivity index (χ4n) is 4.33. The number of aryl methyl sites for hydroxylation is 1. The van der Waals surface area contributed by atoms with Crippen LogP contribution in [0.5, 0.6) is 0 Å². The predicted octanol–water partition coefficient (Wildman–Crippen LogP) is 4.96. The third-order valence-corrected chi connectivity index (χ3v) is 5.70. The van der Waals surface area contributed by atoms with Crippen LogP contribution in [0.4, 0.5) is 0 Å². The van der Waals surface area contributed by atoms with E-state index in [9.17, 15) is 4.79 Å². The summed E-state index contributed by atoms with van der Waals surface area (Å²) in [5.41, 5.74) is 2.39. The molecular formula is C22H18N2O. The van der Waals surface area contributed by atoms with E-state index >= 15 is 0 Å². The summed E-state index contributed by atoms with van der Waals surface area (Å²) in [6.07, 6.45) is 1.62. The molecule has 1 heterocycles.